The number of carboxylic acid groups (broad SMARTS) is 1. The van der Waals surface area contributed by atoms with E-state index in [0.717, 1.165) is 6.07 Å². The van der Waals surface area contributed by atoms with Gasteiger partial charge in [-0.05, 0) is 37.0 Å². The van der Waals surface area contributed by atoms with Gasteiger partial charge in [0.2, 0.25) is 10.0 Å². The quantitative estimate of drug-likeness (QED) is 0.853. The Hall–Kier alpha value is -1.62. The minimum atomic E-state index is -3.98. The van der Waals surface area contributed by atoms with Crippen LogP contribution in [0.2, 0.25) is 5.02 Å². The van der Waals surface area contributed by atoms with Crippen LogP contribution in [0.5, 0.6) is 0 Å². The maximum Gasteiger partial charge on any atom is 0.322 e. The fourth-order valence-corrected chi connectivity index (χ4v) is 3.34. The van der Waals surface area contributed by atoms with Gasteiger partial charge in [-0.15, -0.1) is 0 Å². The van der Waals surface area contributed by atoms with Gasteiger partial charge in [-0.3, -0.25) is 4.79 Å². The van der Waals surface area contributed by atoms with Crippen LogP contribution in [-0.4, -0.2) is 25.5 Å². The van der Waals surface area contributed by atoms with Crippen LogP contribution in [0.3, 0.4) is 0 Å². The first-order chi connectivity index (χ1) is 9.35. The number of nitrogens with one attached hydrogen (secondary N) is 1. The van der Waals surface area contributed by atoms with Crippen molar-refractivity contribution in [3.8, 4) is 6.07 Å². The van der Waals surface area contributed by atoms with Crippen LogP contribution in [-0.2, 0) is 14.8 Å². The number of halogens is 1. The van der Waals surface area contributed by atoms with Crippen molar-refractivity contribution in [3.05, 3.63) is 28.8 Å². The number of carbonyl (C=O) groups is 1. The number of nitriles is 1. The zero-order valence-electron chi connectivity index (χ0n) is 10.2. The number of carboxylic acids is 1. The van der Waals surface area contributed by atoms with Crippen LogP contribution in [0.1, 0.15) is 18.4 Å². The number of nitrogens with zero attached hydrogens (tertiary/aromatic N) is 1. The fraction of sp³-hybridized carbons (Fsp3) is 0.333. The highest BCUT2D eigenvalue weighted by atomic mass is 35.5. The zero-order valence-corrected chi connectivity index (χ0v) is 11.8. The first-order valence-electron chi connectivity index (χ1n) is 5.80. The predicted octanol–water partition coefficient (Wildman–Crippen LogP) is 1.35. The van der Waals surface area contributed by atoms with Crippen LogP contribution in [0.4, 0.5) is 0 Å². The lowest BCUT2D eigenvalue weighted by molar-refractivity contribution is -0.139. The van der Waals surface area contributed by atoms with Gasteiger partial charge in [0.25, 0.3) is 0 Å². The summed E-state index contributed by atoms with van der Waals surface area (Å²) in [6.45, 7) is 0. The van der Waals surface area contributed by atoms with E-state index in [0.29, 0.717) is 12.8 Å². The Kier molecular flexibility index (Phi) is 3.99. The zero-order chi connectivity index (χ0) is 14.9. The third-order valence-corrected chi connectivity index (χ3v) is 4.76. The molecule has 1 saturated carbocycles. The molecule has 0 saturated heterocycles. The van der Waals surface area contributed by atoms with Crippen molar-refractivity contribution < 1.29 is 18.3 Å². The smallest absolute Gasteiger partial charge is 0.322 e. The molecule has 0 spiro atoms. The Morgan fingerprint density at radius 2 is 2.15 bits per heavy atom. The SMILES string of the molecule is N#Cc1ccc(S(=O)(=O)NC(C(=O)O)C2CC2)cc1Cl. The van der Waals surface area contributed by atoms with E-state index in [4.69, 9.17) is 22.0 Å². The summed E-state index contributed by atoms with van der Waals surface area (Å²) in [7, 11) is -3.98. The van der Waals surface area contributed by atoms with Gasteiger partial charge in [0.05, 0.1) is 15.5 Å². The lowest BCUT2D eigenvalue weighted by Gasteiger charge is -2.14. The van der Waals surface area contributed by atoms with Crippen molar-refractivity contribution in [1.29, 1.82) is 5.26 Å². The Bertz CT molecular complexity index is 692. The Labute approximate surface area is 121 Å². The minimum absolute atomic E-state index is 0.00803. The fourth-order valence-electron chi connectivity index (χ4n) is 1.77. The molecule has 2 rings (SSSR count). The van der Waals surface area contributed by atoms with Gasteiger partial charge in [-0.25, -0.2) is 8.42 Å². The molecule has 1 fully saturated rings. The number of benzene rings is 1. The number of hydrogen-bond acceptors (Lipinski definition) is 4. The van der Waals surface area contributed by atoms with E-state index in [2.05, 4.69) is 4.72 Å². The summed E-state index contributed by atoms with van der Waals surface area (Å²) < 4.78 is 26.4. The van der Waals surface area contributed by atoms with E-state index in [1.165, 1.54) is 12.1 Å². The maximum atomic E-state index is 12.1. The summed E-state index contributed by atoms with van der Waals surface area (Å²) in [4.78, 5) is 10.9. The molecule has 0 heterocycles. The minimum Gasteiger partial charge on any atom is -0.480 e. The molecule has 1 aliphatic carbocycles. The van der Waals surface area contributed by atoms with Crippen LogP contribution in [0.15, 0.2) is 23.1 Å². The molecule has 8 heteroatoms. The Balaban J connectivity index is 2.28. The molecule has 0 bridgehead atoms. The van der Waals surface area contributed by atoms with E-state index >= 15 is 0 Å². The van der Waals surface area contributed by atoms with Gasteiger partial charge in [-0.1, -0.05) is 11.6 Å². The first kappa shape index (κ1) is 14.8. The number of sulfonamides is 1. The van der Waals surface area contributed by atoms with Crippen molar-refractivity contribution in [1.82, 2.24) is 4.72 Å². The largest absolute Gasteiger partial charge is 0.480 e. The summed E-state index contributed by atoms with van der Waals surface area (Å²) in [5.41, 5.74) is 0.155. The van der Waals surface area contributed by atoms with E-state index in [1.54, 1.807) is 0 Å². The lowest BCUT2D eigenvalue weighted by Crippen LogP contribution is -2.42. The van der Waals surface area contributed by atoms with Crippen LogP contribution >= 0.6 is 11.6 Å². The Morgan fingerprint density at radius 3 is 2.60 bits per heavy atom. The van der Waals surface area contributed by atoms with E-state index in [9.17, 15) is 13.2 Å². The van der Waals surface area contributed by atoms with Crippen molar-refractivity contribution in [2.45, 2.75) is 23.8 Å². The highest BCUT2D eigenvalue weighted by Crippen LogP contribution is 2.33. The molecule has 0 aromatic heterocycles. The molecule has 0 amide bonds. The summed E-state index contributed by atoms with van der Waals surface area (Å²) in [5, 5.41) is 17.8. The van der Waals surface area contributed by atoms with Crippen molar-refractivity contribution in [3.63, 3.8) is 0 Å². The van der Waals surface area contributed by atoms with Crippen LogP contribution in [0, 0.1) is 17.2 Å². The second-order valence-electron chi connectivity index (χ2n) is 4.53. The van der Waals surface area contributed by atoms with Crippen LogP contribution < -0.4 is 4.72 Å². The van der Waals surface area contributed by atoms with Gasteiger partial charge < -0.3 is 5.11 Å². The van der Waals surface area contributed by atoms with Gasteiger partial charge in [0, 0.05) is 0 Å². The molecule has 1 aromatic carbocycles. The normalized spacial score (nSPS) is 16.4. The summed E-state index contributed by atoms with van der Waals surface area (Å²) in [5.74, 6) is -1.37. The Morgan fingerprint density at radius 1 is 1.50 bits per heavy atom. The molecule has 20 heavy (non-hydrogen) atoms. The second-order valence-corrected chi connectivity index (χ2v) is 6.65. The predicted molar refractivity (Wildman–Crippen MR) is 70.6 cm³/mol. The van der Waals surface area contributed by atoms with Gasteiger partial charge in [-0.2, -0.15) is 9.98 Å². The van der Waals surface area contributed by atoms with Crippen molar-refractivity contribution in [2.75, 3.05) is 0 Å². The summed E-state index contributed by atoms with van der Waals surface area (Å²) in [6.07, 6.45) is 1.38. The topological polar surface area (TPSA) is 107 Å². The van der Waals surface area contributed by atoms with Gasteiger partial charge >= 0.3 is 5.97 Å². The molecule has 0 radical (unpaired) electrons. The monoisotopic (exact) mass is 314 g/mol. The summed E-state index contributed by atoms with van der Waals surface area (Å²) in [6, 6.07) is 4.33. The molecule has 1 aromatic rings. The molecule has 1 unspecified atom stereocenters. The van der Waals surface area contributed by atoms with E-state index < -0.39 is 22.0 Å². The maximum absolute atomic E-state index is 12.1. The molecule has 2 N–H and O–H groups in total. The number of hydrogen-bond donors (Lipinski definition) is 2. The molecule has 6 nitrogen and oxygen atoms in total. The molecule has 106 valence electrons. The standard InChI is InChI=1S/C12H11ClN2O4S/c13-10-5-9(4-3-8(10)6-14)20(18,19)15-11(12(16)17)7-1-2-7/h3-5,7,11,15H,1-2H2,(H,16,17). The average Bonchev–Trinajstić information content (AvgIpc) is 3.19. The van der Waals surface area contributed by atoms with Crippen molar-refractivity contribution in [2.24, 2.45) is 5.92 Å². The first-order valence-corrected chi connectivity index (χ1v) is 7.66. The highest BCUT2D eigenvalue weighted by molar-refractivity contribution is 7.89. The van der Waals surface area contributed by atoms with E-state index in [1.807, 2.05) is 6.07 Å². The third kappa shape index (κ3) is 3.10. The highest BCUT2D eigenvalue weighted by Gasteiger charge is 2.39. The molecule has 0 aliphatic heterocycles. The average molecular weight is 315 g/mol. The number of aliphatic carboxylic acids is 1. The second kappa shape index (κ2) is 5.40. The molecule has 1 atom stereocenters. The van der Waals surface area contributed by atoms with Crippen LogP contribution in [0.25, 0.3) is 0 Å². The number of rotatable bonds is 5. The van der Waals surface area contributed by atoms with Gasteiger partial charge in [0.15, 0.2) is 0 Å². The summed E-state index contributed by atoms with van der Waals surface area (Å²) >= 11 is 5.78. The third-order valence-electron chi connectivity index (χ3n) is 3.01. The lowest BCUT2D eigenvalue weighted by atomic mass is 10.2. The van der Waals surface area contributed by atoms with Gasteiger partial charge in [0.1, 0.15) is 12.1 Å². The van der Waals surface area contributed by atoms with E-state index in [-0.39, 0.29) is 21.4 Å². The van der Waals surface area contributed by atoms with Crippen molar-refractivity contribution >= 4 is 27.6 Å². The molecule has 1 aliphatic rings. The molecular formula is C12H11ClN2O4S. The molecular weight excluding hydrogens is 304 g/mol.